The first-order chi connectivity index (χ1) is 7.70. The second kappa shape index (κ2) is 5.81. The van der Waals surface area contributed by atoms with Crippen molar-refractivity contribution in [2.75, 3.05) is 0 Å². The van der Waals surface area contributed by atoms with Gasteiger partial charge in [0.25, 0.3) is 0 Å². The third kappa shape index (κ3) is 2.85. The van der Waals surface area contributed by atoms with Crippen molar-refractivity contribution in [3.05, 3.63) is 59.7 Å². The Morgan fingerprint density at radius 2 is 1.12 bits per heavy atom. The Bertz CT molecular complexity index is 490. The standard InChI is InChI=1S/C13H10O3.Pb.2H/c14-11-7-3-1-5-9(11)13(16)10-6-2-4-8-12(10)15;;;/h1-8,14-15H;;;. The van der Waals surface area contributed by atoms with Crippen LogP contribution in [0.1, 0.15) is 15.9 Å². The van der Waals surface area contributed by atoms with Crippen molar-refractivity contribution >= 4 is 33.1 Å². The van der Waals surface area contributed by atoms with Crippen molar-refractivity contribution in [2.24, 2.45) is 0 Å². The maximum atomic E-state index is 12.0. The Hall–Kier alpha value is -1.37. The van der Waals surface area contributed by atoms with Crippen LogP contribution in [0.2, 0.25) is 0 Å². The van der Waals surface area contributed by atoms with Crippen LogP contribution in [0.5, 0.6) is 11.5 Å². The molecule has 2 N–H and O–H groups in total. The molecule has 0 amide bonds. The van der Waals surface area contributed by atoms with E-state index < -0.39 is 5.78 Å². The second-order valence-electron chi connectivity index (χ2n) is 3.36. The number of hydrogen-bond donors (Lipinski definition) is 2. The maximum absolute atomic E-state index is 12.0. The van der Waals surface area contributed by atoms with Crippen LogP contribution in [0.4, 0.5) is 0 Å². The first-order valence-electron chi connectivity index (χ1n) is 4.81. The number of benzene rings is 2. The molecular weight excluding hydrogens is 411 g/mol. The SMILES string of the molecule is O=C(c1ccccc1O)c1ccccc1O.[PbH2]. The van der Waals surface area contributed by atoms with Gasteiger partial charge in [-0.1, -0.05) is 24.3 Å². The zero-order chi connectivity index (χ0) is 11.5. The molecule has 86 valence electrons. The topological polar surface area (TPSA) is 57.5 Å². The summed E-state index contributed by atoms with van der Waals surface area (Å²) in [4.78, 5) is 12.0. The molecule has 0 unspecified atom stereocenters. The van der Waals surface area contributed by atoms with Crippen LogP contribution in [0, 0.1) is 0 Å². The van der Waals surface area contributed by atoms with Gasteiger partial charge in [-0.3, -0.25) is 4.79 Å². The van der Waals surface area contributed by atoms with E-state index in [1.165, 1.54) is 24.3 Å². The van der Waals surface area contributed by atoms with Crippen molar-refractivity contribution < 1.29 is 15.0 Å². The molecule has 0 atom stereocenters. The van der Waals surface area contributed by atoms with Gasteiger partial charge in [-0.25, -0.2) is 0 Å². The molecule has 0 aliphatic heterocycles. The van der Waals surface area contributed by atoms with Crippen LogP contribution in [0.15, 0.2) is 48.5 Å². The average Bonchev–Trinajstić information content (AvgIpc) is 2.29. The normalized spacial score (nSPS) is 9.41. The molecule has 0 aromatic heterocycles. The summed E-state index contributed by atoms with van der Waals surface area (Å²) in [7, 11) is 0. The summed E-state index contributed by atoms with van der Waals surface area (Å²) in [6.45, 7) is 0. The third-order valence-electron chi connectivity index (χ3n) is 2.30. The van der Waals surface area contributed by atoms with E-state index in [1.807, 2.05) is 0 Å². The van der Waals surface area contributed by atoms with Crippen LogP contribution in [-0.4, -0.2) is 43.3 Å². The summed E-state index contributed by atoms with van der Waals surface area (Å²) in [5, 5.41) is 19.1. The van der Waals surface area contributed by atoms with Crippen LogP contribution in [0.25, 0.3) is 0 Å². The van der Waals surface area contributed by atoms with Gasteiger partial charge < -0.3 is 10.2 Å². The number of para-hydroxylation sites is 2. The number of carbonyl (C=O) groups is 1. The zero-order valence-corrected chi connectivity index (χ0v) is 14.6. The van der Waals surface area contributed by atoms with E-state index in [4.69, 9.17) is 0 Å². The van der Waals surface area contributed by atoms with Crippen LogP contribution >= 0.6 is 0 Å². The first kappa shape index (κ1) is 13.7. The molecule has 2 aromatic rings. The molecule has 0 bridgehead atoms. The monoisotopic (exact) mass is 424 g/mol. The van der Waals surface area contributed by atoms with Gasteiger partial charge in [0.2, 0.25) is 0 Å². The van der Waals surface area contributed by atoms with Gasteiger partial charge in [0.05, 0.1) is 11.1 Å². The van der Waals surface area contributed by atoms with E-state index in [0.29, 0.717) is 0 Å². The molecule has 17 heavy (non-hydrogen) atoms. The molecular formula is C13H12O3Pb. The Morgan fingerprint density at radius 1 is 0.765 bits per heavy atom. The first-order valence-corrected chi connectivity index (χ1v) is 4.81. The van der Waals surface area contributed by atoms with Gasteiger partial charge in [0.1, 0.15) is 11.5 Å². The predicted molar refractivity (Wildman–Crippen MR) is 68.2 cm³/mol. The molecule has 0 fully saturated rings. The van der Waals surface area contributed by atoms with E-state index >= 15 is 0 Å². The number of aromatic hydroxyl groups is 2. The van der Waals surface area contributed by atoms with Crippen molar-refractivity contribution in [3.63, 3.8) is 0 Å². The fraction of sp³-hybridized carbons (Fsp3) is 0. The fourth-order valence-corrected chi connectivity index (χ4v) is 1.48. The molecule has 0 spiro atoms. The van der Waals surface area contributed by atoms with E-state index in [9.17, 15) is 15.0 Å². The van der Waals surface area contributed by atoms with Gasteiger partial charge in [-0.05, 0) is 24.3 Å². The number of rotatable bonds is 2. The van der Waals surface area contributed by atoms with Crippen molar-refractivity contribution in [2.45, 2.75) is 0 Å². The second-order valence-corrected chi connectivity index (χ2v) is 3.36. The Balaban J connectivity index is 0.00000144. The fourth-order valence-electron chi connectivity index (χ4n) is 1.48. The number of hydrogen-bond acceptors (Lipinski definition) is 3. The Kier molecular flexibility index (Phi) is 4.68. The van der Waals surface area contributed by atoms with Gasteiger partial charge in [-0.2, -0.15) is 0 Å². The van der Waals surface area contributed by atoms with Crippen LogP contribution < -0.4 is 0 Å². The average molecular weight is 423 g/mol. The van der Waals surface area contributed by atoms with Gasteiger partial charge >= 0.3 is 27.3 Å². The predicted octanol–water partition coefficient (Wildman–Crippen LogP) is 1.41. The molecule has 2 radical (unpaired) electrons. The van der Waals surface area contributed by atoms with E-state index in [2.05, 4.69) is 0 Å². The van der Waals surface area contributed by atoms with Gasteiger partial charge in [0.15, 0.2) is 5.78 Å². The molecule has 3 nitrogen and oxygen atoms in total. The molecule has 0 saturated carbocycles. The van der Waals surface area contributed by atoms with Crippen molar-refractivity contribution in [1.82, 2.24) is 0 Å². The van der Waals surface area contributed by atoms with E-state index in [-0.39, 0.29) is 49.9 Å². The summed E-state index contributed by atoms with van der Waals surface area (Å²) in [5.74, 6) is -0.567. The molecule has 4 heteroatoms. The van der Waals surface area contributed by atoms with Crippen LogP contribution in [-0.2, 0) is 0 Å². The van der Waals surface area contributed by atoms with Crippen LogP contribution in [0.3, 0.4) is 0 Å². The van der Waals surface area contributed by atoms with Crippen molar-refractivity contribution in [3.8, 4) is 11.5 Å². The number of phenolic OH excluding ortho intramolecular Hbond substituents is 2. The van der Waals surface area contributed by atoms with E-state index in [1.54, 1.807) is 24.3 Å². The van der Waals surface area contributed by atoms with Crippen molar-refractivity contribution in [1.29, 1.82) is 0 Å². The zero-order valence-electron chi connectivity index (χ0n) is 9.13. The molecule has 0 aliphatic rings. The van der Waals surface area contributed by atoms with E-state index in [0.717, 1.165) is 0 Å². The Labute approximate surface area is 119 Å². The van der Waals surface area contributed by atoms with Gasteiger partial charge in [-0.15, -0.1) is 0 Å². The molecule has 2 rings (SSSR count). The number of ketones is 1. The molecule has 0 heterocycles. The Morgan fingerprint density at radius 3 is 1.47 bits per heavy atom. The quantitative estimate of drug-likeness (QED) is 0.568. The minimum absolute atomic E-state index is 0. The van der Waals surface area contributed by atoms with Gasteiger partial charge in [0, 0.05) is 0 Å². The minimum atomic E-state index is -0.392. The summed E-state index contributed by atoms with van der Waals surface area (Å²) in [6, 6.07) is 12.5. The molecule has 2 aromatic carbocycles. The summed E-state index contributed by atoms with van der Waals surface area (Å²) in [5.41, 5.74) is 0.369. The molecule has 0 aliphatic carbocycles. The number of phenols is 2. The number of carbonyl (C=O) groups excluding carboxylic acids is 1. The summed E-state index contributed by atoms with van der Waals surface area (Å²) >= 11 is 0. The summed E-state index contributed by atoms with van der Waals surface area (Å²) < 4.78 is 0. The molecule has 0 saturated heterocycles. The summed E-state index contributed by atoms with van der Waals surface area (Å²) in [6.07, 6.45) is 0. The third-order valence-corrected chi connectivity index (χ3v) is 2.30.